The molecule has 19 heteroatoms. The normalized spacial score (nSPS) is 12.4. The zero-order valence-corrected chi connectivity index (χ0v) is 30.6. The van der Waals surface area contributed by atoms with Crippen LogP contribution in [-0.4, -0.2) is 85.1 Å². The van der Waals surface area contributed by atoms with Crippen LogP contribution in [0.1, 0.15) is 8.56 Å². The third kappa shape index (κ3) is 20.1. The molecule has 0 heterocycles. The molecule has 0 saturated carbocycles. The summed E-state index contributed by atoms with van der Waals surface area (Å²) in [6, 6.07) is 0. The molecule has 0 saturated heterocycles. The predicted octanol–water partition coefficient (Wildman–Crippen LogP) is -21.5. The molecule has 4 atom stereocenters. The van der Waals surface area contributed by atoms with E-state index in [1.807, 2.05) is 0 Å². The average Bonchev–Trinajstić information content (AvgIpc) is 2.43. The van der Waals surface area contributed by atoms with Gasteiger partial charge in [-0.1, -0.05) is 0 Å². The summed E-state index contributed by atoms with van der Waals surface area (Å²) < 4.78 is 7.22. The SMILES string of the molecule is O=C(OC(=O)C(O)C(O)C(=O)O)OC(=O)C(O)C(O)C(=O)O.[H-].[H-].[H-].[H-].[H-].[H-].[K+].[K+].[Na+].[Na+].[Na+].[Na+]. The number of rotatable bonds is 6. The van der Waals surface area contributed by atoms with E-state index < -0.39 is 54.4 Å². The van der Waals surface area contributed by atoms with Crippen LogP contribution in [0.5, 0.6) is 0 Å². The van der Waals surface area contributed by atoms with Gasteiger partial charge in [-0.2, -0.15) is 0 Å². The van der Waals surface area contributed by atoms with Crippen molar-refractivity contribution in [3.63, 3.8) is 0 Å². The molecule has 0 aromatic heterocycles. The van der Waals surface area contributed by atoms with Crippen molar-refractivity contribution in [2.75, 3.05) is 0 Å². The van der Waals surface area contributed by atoms with Gasteiger partial charge >= 0.3 is 251 Å². The number of esters is 2. The number of carbonyl (C=O) groups excluding carboxylic acids is 3. The Balaban J connectivity index is -0.0000000334. The van der Waals surface area contributed by atoms with E-state index in [4.69, 9.17) is 30.6 Å². The largest absolute Gasteiger partial charge is 1.00 e. The maximum Gasteiger partial charge on any atom is 1.00 e. The van der Waals surface area contributed by atoms with Crippen molar-refractivity contribution >= 4 is 30.0 Å². The minimum Gasteiger partial charge on any atom is -1.00 e. The second-order valence-electron chi connectivity index (χ2n) is 3.55. The Morgan fingerprint density at radius 2 is 0.786 bits per heavy atom. The number of aliphatic hydroxyl groups excluding tert-OH is 4. The first-order valence-corrected chi connectivity index (χ1v) is 5.14. The maximum atomic E-state index is 11.0. The Morgan fingerprint density at radius 3 is 0.964 bits per heavy atom. The van der Waals surface area contributed by atoms with Crippen LogP contribution in [0.25, 0.3) is 0 Å². The molecule has 0 fully saturated rings. The first kappa shape index (κ1) is 49.7. The topological polar surface area (TPSA) is 225 Å². The van der Waals surface area contributed by atoms with Gasteiger partial charge in [0.1, 0.15) is 0 Å². The van der Waals surface area contributed by atoms with Crippen molar-refractivity contribution in [1.82, 2.24) is 0 Å². The molecule has 0 spiro atoms. The summed E-state index contributed by atoms with van der Waals surface area (Å²) in [7, 11) is 0. The summed E-state index contributed by atoms with van der Waals surface area (Å²) in [6.07, 6.45) is -12.8. The van der Waals surface area contributed by atoms with Gasteiger partial charge in [0.15, 0.2) is 24.4 Å². The van der Waals surface area contributed by atoms with E-state index in [9.17, 15) is 24.0 Å². The van der Waals surface area contributed by atoms with Gasteiger partial charge < -0.3 is 48.7 Å². The van der Waals surface area contributed by atoms with Crippen LogP contribution in [0, 0.1) is 0 Å². The van der Waals surface area contributed by atoms with E-state index in [0.29, 0.717) is 0 Å². The van der Waals surface area contributed by atoms with Gasteiger partial charge in [0, 0.05) is 0 Å². The van der Waals surface area contributed by atoms with E-state index in [2.05, 4.69) is 9.47 Å². The molecule has 136 valence electrons. The zero-order chi connectivity index (χ0) is 17.6. The molecule has 0 aliphatic heterocycles. The third-order valence-corrected chi connectivity index (χ3v) is 1.96. The van der Waals surface area contributed by atoms with Crippen LogP contribution in [0.15, 0.2) is 0 Å². The first-order valence-electron chi connectivity index (χ1n) is 5.14. The molecule has 0 aliphatic rings. The number of hydrogen-bond acceptors (Lipinski definition) is 11. The van der Waals surface area contributed by atoms with Crippen molar-refractivity contribution in [3.05, 3.63) is 0 Å². The van der Waals surface area contributed by atoms with Crippen molar-refractivity contribution in [1.29, 1.82) is 0 Å². The quantitative estimate of drug-likeness (QED) is 0.113. The molecule has 0 rings (SSSR count). The predicted molar refractivity (Wildman–Crippen MR) is 63.6 cm³/mol. The van der Waals surface area contributed by atoms with Crippen LogP contribution in [-0.2, 0) is 28.7 Å². The Hall–Kier alpha value is 4.66. The molecular weight excluding hydrogens is 486 g/mol. The molecule has 0 aromatic rings. The minimum absolute atomic E-state index is 0. The number of carboxylic acid groups (broad SMARTS) is 2. The summed E-state index contributed by atoms with van der Waals surface area (Å²) in [5, 5.41) is 52.0. The number of ether oxygens (including phenoxy) is 2. The molecular formula is C9H16K2Na4O13. The summed E-state index contributed by atoms with van der Waals surface area (Å²) in [5.41, 5.74) is 0. The molecule has 0 radical (unpaired) electrons. The van der Waals surface area contributed by atoms with Crippen molar-refractivity contribution < 1.29 is 294 Å². The number of carbonyl (C=O) groups is 5. The molecule has 4 unspecified atom stereocenters. The number of aliphatic hydroxyl groups is 4. The van der Waals surface area contributed by atoms with Gasteiger partial charge in [-0.3, -0.25) is 0 Å². The standard InChI is InChI=1S/C9H10O13.2K.4Na.6H/c10-1(5(14)15)3(12)7(18)21-9(20)22-8(19)4(13)2(11)6(16)17;;;;;;;;;;;;/h1-4,10-13H,(H,14,15)(H,16,17);;;;;;;;;;;;/q;6*+1;6*-1. The van der Waals surface area contributed by atoms with Gasteiger partial charge in [0.05, 0.1) is 0 Å². The van der Waals surface area contributed by atoms with E-state index in [0.717, 1.165) is 0 Å². The van der Waals surface area contributed by atoms with Gasteiger partial charge in [-0.15, -0.1) is 0 Å². The van der Waals surface area contributed by atoms with Gasteiger partial charge in [-0.05, 0) is 0 Å². The van der Waals surface area contributed by atoms with Gasteiger partial charge in [0.2, 0.25) is 0 Å². The monoisotopic (exact) mass is 502 g/mol. The van der Waals surface area contributed by atoms with Crippen LogP contribution in [0.2, 0.25) is 0 Å². The second kappa shape index (κ2) is 26.3. The smallest absolute Gasteiger partial charge is 1.00 e. The Morgan fingerprint density at radius 1 is 0.571 bits per heavy atom. The molecule has 0 bridgehead atoms. The molecule has 0 amide bonds. The number of aliphatic carboxylic acids is 2. The van der Waals surface area contributed by atoms with Crippen LogP contribution < -0.4 is 221 Å². The van der Waals surface area contributed by atoms with E-state index >= 15 is 0 Å². The molecule has 6 N–H and O–H groups in total. The van der Waals surface area contributed by atoms with Crippen molar-refractivity contribution in [2.24, 2.45) is 0 Å². The summed E-state index contributed by atoms with van der Waals surface area (Å²) in [4.78, 5) is 53.3. The minimum atomic E-state index is -2.69. The number of hydrogen-bond donors (Lipinski definition) is 6. The van der Waals surface area contributed by atoms with Gasteiger partial charge in [0.25, 0.3) is 0 Å². The Kier molecular flexibility index (Phi) is 46.7. The van der Waals surface area contributed by atoms with Crippen molar-refractivity contribution in [2.45, 2.75) is 24.4 Å². The van der Waals surface area contributed by atoms with Crippen LogP contribution in [0.4, 0.5) is 4.79 Å². The number of carboxylic acids is 2. The fraction of sp³-hybridized carbons (Fsp3) is 0.444. The van der Waals surface area contributed by atoms with E-state index in [-0.39, 0.29) is 230 Å². The van der Waals surface area contributed by atoms with Crippen molar-refractivity contribution in [3.8, 4) is 0 Å². The van der Waals surface area contributed by atoms with E-state index in [1.54, 1.807) is 0 Å². The first-order chi connectivity index (χ1) is 9.98. The summed E-state index contributed by atoms with van der Waals surface area (Å²) in [5.74, 6) is -8.04. The fourth-order valence-corrected chi connectivity index (χ4v) is 0.834. The summed E-state index contributed by atoms with van der Waals surface area (Å²) >= 11 is 0. The van der Waals surface area contributed by atoms with Crippen LogP contribution in [0.3, 0.4) is 0 Å². The molecule has 13 nitrogen and oxygen atoms in total. The third-order valence-electron chi connectivity index (χ3n) is 1.96. The van der Waals surface area contributed by atoms with Gasteiger partial charge in [-0.25, -0.2) is 24.0 Å². The molecule has 0 aliphatic carbocycles. The molecule has 28 heavy (non-hydrogen) atoms. The van der Waals surface area contributed by atoms with E-state index in [1.165, 1.54) is 0 Å². The maximum absolute atomic E-state index is 11.0. The second-order valence-corrected chi connectivity index (χ2v) is 3.55. The molecule has 0 aromatic carbocycles. The zero-order valence-electron chi connectivity index (χ0n) is 22.4. The Bertz CT molecular complexity index is 489. The Labute approximate surface area is 340 Å². The summed E-state index contributed by atoms with van der Waals surface area (Å²) in [6.45, 7) is 0. The average molecular weight is 502 g/mol. The fourth-order valence-electron chi connectivity index (χ4n) is 0.834. The van der Waals surface area contributed by atoms with Crippen LogP contribution >= 0.6 is 0 Å².